The van der Waals surface area contributed by atoms with Crippen LogP contribution < -0.4 is 4.90 Å². The summed E-state index contributed by atoms with van der Waals surface area (Å²) >= 11 is 0. The molecule has 8 aliphatic rings. The quantitative estimate of drug-likeness (QED) is 0.309. The van der Waals surface area contributed by atoms with Crippen LogP contribution in [0.1, 0.15) is 89.0 Å². The molecule has 0 spiro atoms. The molecule has 0 N–H and O–H groups in total. The lowest BCUT2D eigenvalue weighted by Gasteiger charge is -2.50. The van der Waals surface area contributed by atoms with Crippen LogP contribution in [0.25, 0.3) is 5.57 Å². The normalized spacial score (nSPS) is 34.5. The minimum atomic E-state index is 0.189. The summed E-state index contributed by atoms with van der Waals surface area (Å²) in [6.45, 7) is 0. The molecule has 1 aromatic rings. The molecule has 0 aromatic heterocycles. The fraction of sp³-hybridized carbons (Fsp3) is 0.476. The first-order valence-corrected chi connectivity index (χ1v) is 18.3. The Hall–Kier alpha value is -3.50. The lowest BCUT2D eigenvalue weighted by atomic mass is 9.76. The second-order valence-corrected chi connectivity index (χ2v) is 14.5. The van der Waals surface area contributed by atoms with Gasteiger partial charge in [0.15, 0.2) is 0 Å². The van der Waals surface area contributed by atoms with Crippen molar-refractivity contribution in [2.45, 2.75) is 114 Å². The minimum absolute atomic E-state index is 0.189. The fourth-order valence-corrected chi connectivity index (χ4v) is 9.66. The van der Waals surface area contributed by atoms with Crippen molar-refractivity contribution >= 4 is 11.3 Å². The van der Waals surface area contributed by atoms with Crippen molar-refractivity contribution in [3.8, 4) is 0 Å². The van der Waals surface area contributed by atoms with E-state index < -0.39 is 0 Å². The molecule has 9 rings (SSSR count). The van der Waals surface area contributed by atoms with Crippen molar-refractivity contribution in [1.29, 1.82) is 0 Å². The van der Waals surface area contributed by atoms with E-state index in [9.17, 15) is 0 Å². The summed E-state index contributed by atoms with van der Waals surface area (Å²) < 4.78 is 13.6. The van der Waals surface area contributed by atoms with Crippen LogP contribution in [0, 0.1) is 11.8 Å². The van der Waals surface area contributed by atoms with Gasteiger partial charge in [-0.25, -0.2) is 0 Å². The molecule has 1 saturated heterocycles. The number of rotatable bonds is 5. The Kier molecular flexibility index (Phi) is 7.65. The van der Waals surface area contributed by atoms with Crippen LogP contribution in [0.2, 0.25) is 0 Å². The zero-order chi connectivity index (χ0) is 30.5. The van der Waals surface area contributed by atoms with Crippen LogP contribution >= 0.6 is 0 Å². The van der Waals surface area contributed by atoms with Crippen LogP contribution in [0.3, 0.4) is 0 Å². The van der Waals surface area contributed by atoms with Gasteiger partial charge in [-0.1, -0.05) is 72.9 Å². The SMILES string of the molecule is C1=CC2OC3C(c4ccc(N(C5=CCCCC5)C5=CC6=C(CC5)N(C5C=CCCC5)C5CC=CCC5O6)cc4)=CCCC3C2C=C1. The third-order valence-electron chi connectivity index (χ3n) is 11.9. The molecule has 4 heteroatoms. The largest absolute Gasteiger partial charge is 0.486 e. The molecule has 2 aliphatic heterocycles. The predicted molar refractivity (Wildman–Crippen MR) is 187 cm³/mol. The van der Waals surface area contributed by atoms with E-state index in [-0.39, 0.29) is 18.3 Å². The molecule has 7 atom stereocenters. The lowest BCUT2D eigenvalue weighted by Crippen LogP contribution is -2.53. The highest BCUT2D eigenvalue weighted by Gasteiger charge is 2.45. The molecule has 0 saturated carbocycles. The monoisotopic (exact) mass is 612 g/mol. The Morgan fingerprint density at radius 1 is 0.761 bits per heavy atom. The third kappa shape index (κ3) is 5.08. The van der Waals surface area contributed by atoms with Gasteiger partial charge >= 0.3 is 0 Å². The molecule has 1 fully saturated rings. The highest BCUT2D eigenvalue weighted by molar-refractivity contribution is 5.73. The summed E-state index contributed by atoms with van der Waals surface area (Å²) in [6, 6.07) is 10.4. The van der Waals surface area contributed by atoms with Gasteiger partial charge in [-0.05, 0) is 106 Å². The number of anilines is 1. The van der Waals surface area contributed by atoms with Crippen LogP contribution in [-0.4, -0.2) is 35.3 Å². The van der Waals surface area contributed by atoms with Crippen molar-refractivity contribution in [3.05, 3.63) is 120 Å². The van der Waals surface area contributed by atoms with Gasteiger partial charge in [0.25, 0.3) is 0 Å². The smallest absolute Gasteiger partial charge is 0.140 e. The molecule has 7 unspecified atom stereocenters. The van der Waals surface area contributed by atoms with E-state index in [1.165, 1.54) is 72.4 Å². The van der Waals surface area contributed by atoms with E-state index in [0.29, 0.717) is 23.9 Å². The number of nitrogens with zero attached hydrogens (tertiary/aromatic N) is 2. The molecule has 0 bridgehead atoms. The molecule has 0 radical (unpaired) electrons. The van der Waals surface area contributed by atoms with E-state index in [0.717, 1.165) is 50.7 Å². The van der Waals surface area contributed by atoms with Gasteiger partial charge in [-0.3, -0.25) is 0 Å². The Labute approximate surface area is 275 Å². The van der Waals surface area contributed by atoms with Crippen molar-refractivity contribution in [3.63, 3.8) is 0 Å². The van der Waals surface area contributed by atoms with Crippen LogP contribution in [-0.2, 0) is 9.47 Å². The summed E-state index contributed by atoms with van der Waals surface area (Å²) in [6.07, 6.45) is 41.7. The Balaban J connectivity index is 1.04. The molecular weight excluding hydrogens is 564 g/mol. The number of ether oxygens (including phenoxy) is 2. The number of hydrogen-bond acceptors (Lipinski definition) is 4. The second-order valence-electron chi connectivity index (χ2n) is 14.5. The van der Waals surface area contributed by atoms with Crippen molar-refractivity contribution < 1.29 is 9.47 Å². The summed E-state index contributed by atoms with van der Waals surface area (Å²) in [5.74, 6) is 2.20. The molecule has 238 valence electrons. The minimum Gasteiger partial charge on any atom is -0.486 e. The highest BCUT2D eigenvalue weighted by Crippen LogP contribution is 2.48. The van der Waals surface area contributed by atoms with Gasteiger partial charge < -0.3 is 19.3 Å². The maximum atomic E-state index is 6.91. The summed E-state index contributed by atoms with van der Waals surface area (Å²) in [7, 11) is 0. The highest BCUT2D eigenvalue weighted by atomic mass is 16.5. The van der Waals surface area contributed by atoms with Gasteiger partial charge in [-0.2, -0.15) is 0 Å². The lowest BCUT2D eigenvalue weighted by molar-refractivity contribution is -0.0102. The molecule has 1 aromatic carbocycles. The summed E-state index contributed by atoms with van der Waals surface area (Å²) in [4.78, 5) is 5.37. The standard InChI is InChI=1S/C42H48N2O2/c1-3-12-30(13-4-1)43(32-24-22-29(23-25-32)34-17-11-18-36-35-16-7-9-20-39(35)46-42(34)36)33-26-27-38-41(28-33)45-40-21-10-8-19-37(40)44(38)31-14-5-2-6-15-31/h5,7-10,12,14,16-17,20,22-25,28,31,35-37,39-40,42H,1-4,6,11,13,15,18-19,21,26-27H2. The van der Waals surface area contributed by atoms with Gasteiger partial charge in [0.1, 0.15) is 11.9 Å². The maximum Gasteiger partial charge on any atom is 0.140 e. The van der Waals surface area contributed by atoms with Crippen molar-refractivity contribution in [1.82, 2.24) is 4.90 Å². The van der Waals surface area contributed by atoms with E-state index in [1.54, 1.807) is 0 Å². The van der Waals surface area contributed by atoms with Crippen LogP contribution in [0.4, 0.5) is 5.69 Å². The number of allylic oxidation sites excluding steroid dienone is 9. The van der Waals surface area contributed by atoms with Gasteiger partial charge in [-0.15, -0.1) is 0 Å². The average Bonchev–Trinajstić information content (AvgIpc) is 3.51. The number of benzene rings is 1. The molecule has 4 nitrogen and oxygen atoms in total. The molecule has 6 aliphatic carbocycles. The first-order chi connectivity index (χ1) is 22.8. The Bertz CT molecular complexity index is 1590. The van der Waals surface area contributed by atoms with Crippen LogP contribution in [0.15, 0.2) is 114 Å². The topological polar surface area (TPSA) is 24.9 Å². The molecule has 0 amide bonds. The Morgan fingerprint density at radius 3 is 2.54 bits per heavy atom. The predicted octanol–water partition coefficient (Wildman–Crippen LogP) is 9.67. The van der Waals surface area contributed by atoms with Crippen molar-refractivity contribution in [2.75, 3.05) is 4.90 Å². The first kappa shape index (κ1) is 28.7. The zero-order valence-electron chi connectivity index (χ0n) is 27.1. The fourth-order valence-electron chi connectivity index (χ4n) is 9.66. The van der Waals surface area contributed by atoms with E-state index >= 15 is 0 Å². The molecular formula is C42H48N2O2. The molecule has 46 heavy (non-hydrogen) atoms. The van der Waals surface area contributed by atoms with Crippen molar-refractivity contribution in [2.24, 2.45) is 11.8 Å². The Morgan fingerprint density at radius 2 is 1.67 bits per heavy atom. The van der Waals surface area contributed by atoms with E-state index in [1.807, 2.05) is 0 Å². The van der Waals surface area contributed by atoms with E-state index in [4.69, 9.17) is 9.47 Å². The van der Waals surface area contributed by atoms with Gasteiger partial charge in [0.2, 0.25) is 0 Å². The average molecular weight is 613 g/mol. The zero-order valence-corrected chi connectivity index (χ0v) is 27.1. The van der Waals surface area contributed by atoms with Gasteiger partial charge in [0, 0.05) is 41.5 Å². The van der Waals surface area contributed by atoms with Gasteiger partial charge in [0.05, 0.1) is 23.9 Å². The third-order valence-corrected chi connectivity index (χ3v) is 11.9. The first-order valence-electron chi connectivity index (χ1n) is 18.3. The number of hydrogen-bond donors (Lipinski definition) is 0. The van der Waals surface area contributed by atoms with Crippen LogP contribution in [0.5, 0.6) is 0 Å². The second kappa shape index (κ2) is 12.3. The summed E-state index contributed by atoms with van der Waals surface area (Å²) in [5.41, 5.74) is 8.24. The van der Waals surface area contributed by atoms with E-state index in [2.05, 4.69) is 101 Å². The summed E-state index contributed by atoms with van der Waals surface area (Å²) in [5, 5.41) is 0. The number of fused-ring (bicyclic) bond motifs is 4. The molecule has 2 heterocycles. The maximum absolute atomic E-state index is 6.91.